The van der Waals surface area contributed by atoms with E-state index in [1.807, 2.05) is 18.3 Å². The molecule has 138 valence electrons. The first kappa shape index (κ1) is 17.2. The Morgan fingerprint density at radius 1 is 1.26 bits per heavy atom. The number of hydrogen-bond donors (Lipinski definition) is 3. The molecule has 0 spiro atoms. The molecule has 0 atom stereocenters. The van der Waals surface area contributed by atoms with Gasteiger partial charge in [-0.1, -0.05) is 0 Å². The second-order valence-electron chi connectivity index (χ2n) is 6.64. The van der Waals surface area contributed by atoms with E-state index in [-0.39, 0.29) is 6.61 Å². The lowest BCUT2D eigenvalue weighted by atomic mass is 10.1. The number of aliphatic hydroxyl groups excluding tert-OH is 1. The average molecular weight is 363 g/mol. The Balaban J connectivity index is 1.72. The molecule has 3 N–H and O–H groups in total. The Kier molecular flexibility index (Phi) is 4.55. The van der Waals surface area contributed by atoms with E-state index in [4.69, 9.17) is 5.11 Å². The van der Waals surface area contributed by atoms with Crippen LogP contribution >= 0.6 is 0 Å². The van der Waals surface area contributed by atoms with E-state index >= 15 is 0 Å². The number of fused-ring (bicyclic) bond motifs is 1. The molecule has 8 nitrogen and oxygen atoms in total. The molecule has 0 saturated heterocycles. The molecule has 3 heterocycles. The van der Waals surface area contributed by atoms with Crippen LogP contribution in [-0.4, -0.2) is 47.7 Å². The van der Waals surface area contributed by atoms with Crippen molar-refractivity contribution in [1.29, 1.82) is 0 Å². The Morgan fingerprint density at radius 3 is 2.96 bits per heavy atom. The second-order valence-corrected chi connectivity index (χ2v) is 6.64. The van der Waals surface area contributed by atoms with E-state index in [1.165, 1.54) is 0 Å². The standard InChI is InChI=1S/C19H21N7O/c1-12(2)22-14-3-4-16-15(9-14)18(25-24-16)19-20-7-5-17(23-19)26-11-13(6-8-27)10-21-26/h3-5,7,9-12,22,27H,6,8H2,1-2H3,(H,24,25). The molecular formula is C19H21N7O. The smallest absolute Gasteiger partial charge is 0.182 e. The summed E-state index contributed by atoms with van der Waals surface area (Å²) in [4.78, 5) is 9.02. The number of hydrogen-bond acceptors (Lipinski definition) is 6. The predicted octanol–water partition coefficient (Wildman–Crippen LogP) is 2.56. The molecule has 27 heavy (non-hydrogen) atoms. The summed E-state index contributed by atoms with van der Waals surface area (Å²) >= 11 is 0. The molecule has 0 fully saturated rings. The van der Waals surface area contributed by atoms with E-state index in [1.54, 1.807) is 23.1 Å². The van der Waals surface area contributed by atoms with Crippen molar-refractivity contribution in [2.45, 2.75) is 26.3 Å². The Morgan fingerprint density at radius 2 is 2.15 bits per heavy atom. The van der Waals surface area contributed by atoms with Crippen LogP contribution in [0.5, 0.6) is 0 Å². The van der Waals surface area contributed by atoms with Crippen LogP contribution in [0.25, 0.3) is 28.2 Å². The molecule has 8 heteroatoms. The topological polar surface area (TPSA) is 105 Å². The lowest BCUT2D eigenvalue weighted by Gasteiger charge is -2.09. The van der Waals surface area contributed by atoms with Gasteiger partial charge in [0, 0.05) is 42.2 Å². The molecule has 0 aliphatic rings. The van der Waals surface area contributed by atoms with Gasteiger partial charge in [0.25, 0.3) is 0 Å². The minimum absolute atomic E-state index is 0.0900. The lowest BCUT2D eigenvalue weighted by Crippen LogP contribution is -2.09. The van der Waals surface area contributed by atoms with Gasteiger partial charge in [-0.2, -0.15) is 10.2 Å². The third-order valence-corrected chi connectivity index (χ3v) is 4.14. The zero-order valence-electron chi connectivity index (χ0n) is 15.2. The van der Waals surface area contributed by atoms with Gasteiger partial charge in [-0.25, -0.2) is 14.6 Å². The van der Waals surface area contributed by atoms with Gasteiger partial charge in [0.2, 0.25) is 0 Å². The van der Waals surface area contributed by atoms with E-state index in [0.717, 1.165) is 22.2 Å². The van der Waals surface area contributed by atoms with Crippen LogP contribution in [-0.2, 0) is 6.42 Å². The van der Waals surface area contributed by atoms with E-state index < -0.39 is 0 Å². The van der Waals surface area contributed by atoms with Crippen molar-refractivity contribution in [2.75, 3.05) is 11.9 Å². The first-order chi connectivity index (χ1) is 13.1. The first-order valence-corrected chi connectivity index (χ1v) is 8.87. The van der Waals surface area contributed by atoms with Crippen LogP contribution in [0.1, 0.15) is 19.4 Å². The molecule has 0 radical (unpaired) electrons. The number of nitrogens with one attached hydrogen (secondary N) is 2. The van der Waals surface area contributed by atoms with Gasteiger partial charge in [0.1, 0.15) is 5.69 Å². The van der Waals surface area contributed by atoms with Crippen molar-refractivity contribution in [3.05, 3.63) is 48.4 Å². The van der Waals surface area contributed by atoms with Gasteiger partial charge in [0.15, 0.2) is 11.6 Å². The number of aromatic nitrogens is 6. The minimum atomic E-state index is 0.0900. The highest BCUT2D eigenvalue weighted by atomic mass is 16.2. The number of aromatic amines is 1. The quantitative estimate of drug-likeness (QED) is 0.486. The van der Waals surface area contributed by atoms with Crippen LogP contribution in [0.2, 0.25) is 0 Å². The van der Waals surface area contributed by atoms with Crippen LogP contribution in [0.15, 0.2) is 42.9 Å². The van der Waals surface area contributed by atoms with Crippen LogP contribution in [0.3, 0.4) is 0 Å². The SMILES string of the molecule is CC(C)Nc1ccc2[nH]nc(-c3nccc(-n4cc(CCO)cn4)n3)c2c1. The Labute approximate surface area is 156 Å². The van der Waals surface area contributed by atoms with Crippen molar-refractivity contribution >= 4 is 16.6 Å². The monoisotopic (exact) mass is 363 g/mol. The number of anilines is 1. The second kappa shape index (κ2) is 7.16. The normalized spacial score (nSPS) is 11.4. The summed E-state index contributed by atoms with van der Waals surface area (Å²) in [6.07, 6.45) is 5.84. The fraction of sp³-hybridized carbons (Fsp3) is 0.263. The van der Waals surface area contributed by atoms with Gasteiger partial charge < -0.3 is 10.4 Å². The van der Waals surface area contributed by atoms with E-state index in [2.05, 4.69) is 50.5 Å². The summed E-state index contributed by atoms with van der Waals surface area (Å²) in [5.74, 6) is 1.18. The molecule has 0 unspecified atom stereocenters. The van der Waals surface area contributed by atoms with Crippen molar-refractivity contribution in [3.63, 3.8) is 0 Å². The summed E-state index contributed by atoms with van der Waals surface area (Å²) in [7, 11) is 0. The predicted molar refractivity (Wildman–Crippen MR) is 104 cm³/mol. The zero-order valence-corrected chi connectivity index (χ0v) is 15.2. The molecule has 0 saturated carbocycles. The third-order valence-electron chi connectivity index (χ3n) is 4.14. The van der Waals surface area contributed by atoms with Crippen molar-refractivity contribution in [3.8, 4) is 17.3 Å². The highest BCUT2D eigenvalue weighted by molar-refractivity contribution is 5.93. The fourth-order valence-corrected chi connectivity index (χ4v) is 2.94. The molecule has 1 aromatic carbocycles. The van der Waals surface area contributed by atoms with Gasteiger partial charge >= 0.3 is 0 Å². The molecular weight excluding hydrogens is 342 g/mol. The molecule has 0 aliphatic heterocycles. The minimum Gasteiger partial charge on any atom is -0.396 e. The molecule has 4 rings (SSSR count). The van der Waals surface area contributed by atoms with Crippen LogP contribution < -0.4 is 5.32 Å². The summed E-state index contributed by atoms with van der Waals surface area (Å²) < 4.78 is 1.68. The van der Waals surface area contributed by atoms with Gasteiger partial charge in [0.05, 0.1) is 11.7 Å². The summed E-state index contributed by atoms with van der Waals surface area (Å²) in [6, 6.07) is 8.20. The Bertz CT molecular complexity index is 1070. The maximum atomic E-state index is 9.07. The highest BCUT2D eigenvalue weighted by Gasteiger charge is 2.13. The first-order valence-electron chi connectivity index (χ1n) is 8.87. The number of aliphatic hydroxyl groups is 1. The van der Waals surface area contributed by atoms with Crippen molar-refractivity contribution in [1.82, 2.24) is 29.9 Å². The van der Waals surface area contributed by atoms with E-state index in [0.29, 0.717) is 29.8 Å². The third kappa shape index (κ3) is 3.52. The number of H-pyrrole nitrogens is 1. The largest absolute Gasteiger partial charge is 0.396 e. The zero-order chi connectivity index (χ0) is 18.8. The van der Waals surface area contributed by atoms with Gasteiger partial charge in [-0.05, 0) is 44.0 Å². The van der Waals surface area contributed by atoms with Crippen LogP contribution in [0, 0.1) is 0 Å². The molecule has 3 aromatic heterocycles. The molecule has 0 aliphatic carbocycles. The Hall–Kier alpha value is -3.26. The summed E-state index contributed by atoms with van der Waals surface area (Å²) in [6.45, 7) is 4.29. The number of nitrogens with zero attached hydrogens (tertiary/aromatic N) is 5. The van der Waals surface area contributed by atoms with Crippen molar-refractivity contribution < 1.29 is 5.11 Å². The lowest BCUT2D eigenvalue weighted by molar-refractivity contribution is 0.299. The summed E-state index contributed by atoms with van der Waals surface area (Å²) in [5, 5.41) is 25.2. The number of benzene rings is 1. The van der Waals surface area contributed by atoms with Gasteiger partial charge in [-0.15, -0.1) is 0 Å². The maximum absolute atomic E-state index is 9.07. The maximum Gasteiger partial charge on any atom is 0.182 e. The molecule has 0 bridgehead atoms. The van der Waals surface area contributed by atoms with Crippen molar-refractivity contribution in [2.24, 2.45) is 0 Å². The molecule has 0 amide bonds. The average Bonchev–Trinajstić information content (AvgIpc) is 3.28. The summed E-state index contributed by atoms with van der Waals surface area (Å²) in [5.41, 5.74) is 3.60. The van der Waals surface area contributed by atoms with E-state index in [9.17, 15) is 0 Å². The van der Waals surface area contributed by atoms with Gasteiger partial charge in [-0.3, -0.25) is 5.10 Å². The molecule has 4 aromatic rings. The number of rotatable bonds is 6. The fourth-order valence-electron chi connectivity index (χ4n) is 2.94. The van der Waals surface area contributed by atoms with Crippen LogP contribution in [0.4, 0.5) is 5.69 Å². The highest BCUT2D eigenvalue weighted by Crippen LogP contribution is 2.27.